The van der Waals surface area contributed by atoms with Crippen LogP contribution in [0.15, 0.2) is 33.9 Å². The van der Waals surface area contributed by atoms with E-state index in [0.717, 1.165) is 11.1 Å². The van der Waals surface area contributed by atoms with Crippen LogP contribution in [0.3, 0.4) is 0 Å². The van der Waals surface area contributed by atoms with Gasteiger partial charge in [0.1, 0.15) is 0 Å². The average molecular weight is 317 g/mol. The molecule has 0 unspecified atom stereocenters. The van der Waals surface area contributed by atoms with E-state index < -0.39 is 0 Å². The molecule has 1 saturated carbocycles. The summed E-state index contributed by atoms with van der Waals surface area (Å²) in [7, 11) is 0. The molecule has 1 fully saturated rings. The number of carbonyl (C=O) groups is 1. The third-order valence-electron chi connectivity index (χ3n) is 3.83. The Kier molecular flexibility index (Phi) is 4.47. The second-order valence-corrected chi connectivity index (χ2v) is 6.60. The molecule has 5 nitrogen and oxygen atoms in total. The zero-order valence-corrected chi connectivity index (χ0v) is 13.5. The molecule has 6 heteroatoms. The Bertz CT molecular complexity index is 667. The molecule has 0 radical (unpaired) electrons. The Morgan fingerprint density at radius 3 is 2.91 bits per heavy atom. The summed E-state index contributed by atoms with van der Waals surface area (Å²) in [5.41, 5.74) is 2.01. The summed E-state index contributed by atoms with van der Waals surface area (Å²) < 4.78 is 5.63. The van der Waals surface area contributed by atoms with Crippen LogP contribution in [0.2, 0.25) is 0 Å². The topological polar surface area (TPSA) is 68.0 Å². The summed E-state index contributed by atoms with van der Waals surface area (Å²) in [6, 6.07) is 8.11. The minimum Gasteiger partial charge on any atom is -0.411 e. The van der Waals surface area contributed by atoms with Crippen molar-refractivity contribution in [3.8, 4) is 11.5 Å². The zero-order valence-electron chi connectivity index (χ0n) is 12.7. The average Bonchev–Trinajstić information content (AvgIpc) is 3.25. The first-order valence-corrected chi connectivity index (χ1v) is 8.43. The highest BCUT2D eigenvalue weighted by Gasteiger charge is 2.28. The number of rotatable bonds is 6. The van der Waals surface area contributed by atoms with Crippen molar-refractivity contribution in [2.45, 2.75) is 38.0 Å². The molecule has 1 aromatic heterocycles. The Balaban J connectivity index is 1.55. The standard InChI is InChI=1S/C16H19N3O2S/c1-10-5-3-4-6-13(10)15-18-19-16(21-15)22-9-14(20)17-11(2)12-7-8-12/h3-6,11-12H,7-9H2,1-2H3,(H,17,20)/t11-/m0/s1. The number of nitrogens with one attached hydrogen (secondary N) is 1. The van der Waals surface area contributed by atoms with Gasteiger partial charge in [-0.25, -0.2) is 0 Å². The Labute approximate surface area is 133 Å². The zero-order chi connectivity index (χ0) is 15.5. The fourth-order valence-electron chi connectivity index (χ4n) is 2.33. The molecule has 1 atom stereocenters. The van der Waals surface area contributed by atoms with E-state index in [0.29, 0.717) is 22.8 Å². The second-order valence-electron chi connectivity index (χ2n) is 5.67. The molecule has 1 amide bonds. The highest BCUT2D eigenvalue weighted by molar-refractivity contribution is 7.99. The van der Waals surface area contributed by atoms with Gasteiger partial charge in [-0.2, -0.15) is 0 Å². The third kappa shape index (κ3) is 3.68. The van der Waals surface area contributed by atoms with E-state index in [2.05, 4.69) is 22.4 Å². The number of benzene rings is 1. The van der Waals surface area contributed by atoms with Crippen molar-refractivity contribution in [2.75, 3.05) is 5.75 Å². The molecular formula is C16H19N3O2S. The van der Waals surface area contributed by atoms with Gasteiger partial charge in [0.05, 0.1) is 5.75 Å². The first-order chi connectivity index (χ1) is 10.6. The maximum absolute atomic E-state index is 11.9. The van der Waals surface area contributed by atoms with Gasteiger partial charge in [-0.3, -0.25) is 4.79 Å². The van der Waals surface area contributed by atoms with Crippen LogP contribution in [0.1, 0.15) is 25.3 Å². The fraction of sp³-hybridized carbons (Fsp3) is 0.438. The van der Waals surface area contributed by atoms with E-state index >= 15 is 0 Å². The predicted octanol–water partition coefficient (Wildman–Crippen LogP) is 3.05. The lowest BCUT2D eigenvalue weighted by atomic mass is 10.1. The normalized spacial score (nSPS) is 15.5. The summed E-state index contributed by atoms with van der Waals surface area (Å²) in [5.74, 6) is 1.46. The van der Waals surface area contributed by atoms with Crippen LogP contribution in [0.25, 0.3) is 11.5 Å². The molecule has 3 rings (SSSR count). The van der Waals surface area contributed by atoms with Crippen LogP contribution in [0.5, 0.6) is 0 Å². The highest BCUT2D eigenvalue weighted by Crippen LogP contribution is 2.32. The van der Waals surface area contributed by atoms with Crippen LogP contribution in [-0.4, -0.2) is 27.9 Å². The maximum Gasteiger partial charge on any atom is 0.277 e. The minimum atomic E-state index is 0.0139. The molecule has 1 N–H and O–H groups in total. The lowest BCUT2D eigenvalue weighted by molar-refractivity contribution is -0.119. The molecular weight excluding hydrogens is 298 g/mol. The maximum atomic E-state index is 11.9. The largest absolute Gasteiger partial charge is 0.411 e. The summed E-state index contributed by atoms with van der Waals surface area (Å²) >= 11 is 1.27. The number of carbonyl (C=O) groups excluding carboxylic acids is 1. The SMILES string of the molecule is Cc1ccccc1-c1nnc(SCC(=O)N[C@@H](C)C2CC2)o1. The molecule has 2 aromatic rings. The van der Waals surface area contributed by atoms with E-state index in [4.69, 9.17) is 4.42 Å². The lowest BCUT2D eigenvalue weighted by Gasteiger charge is -2.11. The third-order valence-corrected chi connectivity index (χ3v) is 4.64. The Hall–Kier alpha value is -1.82. The van der Waals surface area contributed by atoms with Crippen LogP contribution >= 0.6 is 11.8 Å². The summed E-state index contributed by atoms with van der Waals surface area (Å²) in [5, 5.41) is 11.5. The summed E-state index contributed by atoms with van der Waals surface area (Å²) in [6.45, 7) is 4.06. The fourth-order valence-corrected chi connectivity index (χ4v) is 2.90. The molecule has 116 valence electrons. The van der Waals surface area contributed by atoms with E-state index in [-0.39, 0.29) is 11.9 Å². The molecule has 1 aromatic carbocycles. The van der Waals surface area contributed by atoms with Crippen molar-refractivity contribution >= 4 is 17.7 Å². The van der Waals surface area contributed by atoms with Crippen LogP contribution in [0.4, 0.5) is 0 Å². The van der Waals surface area contributed by atoms with Gasteiger partial charge in [-0.15, -0.1) is 10.2 Å². The smallest absolute Gasteiger partial charge is 0.277 e. The van der Waals surface area contributed by atoms with Gasteiger partial charge in [0.25, 0.3) is 5.22 Å². The summed E-state index contributed by atoms with van der Waals surface area (Å²) in [4.78, 5) is 11.9. The van der Waals surface area contributed by atoms with Crippen LogP contribution in [-0.2, 0) is 4.79 Å². The van der Waals surface area contributed by atoms with E-state index in [1.165, 1.54) is 24.6 Å². The Morgan fingerprint density at radius 2 is 2.18 bits per heavy atom. The summed E-state index contributed by atoms with van der Waals surface area (Å²) in [6.07, 6.45) is 2.44. The second kappa shape index (κ2) is 6.52. The van der Waals surface area contributed by atoms with Gasteiger partial charge in [-0.05, 0) is 44.2 Å². The molecule has 0 bridgehead atoms. The monoisotopic (exact) mass is 317 g/mol. The first-order valence-electron chi connectivity index (χ1n) is 7.45. The predicted molar refractivity (Wildman–Crippen MR) is 85.5 cm³/mol. The number of hydrogen-bond acceptors (Lipinski definition) is 5. The molecule has 0 aliphatic heterocycles. The molecule has 0 spiro atoms. The number of aromatic nitrogens is 2. The van der Waals surface area contributed by atoms with Crippen molar-refractivity contribution in [3.63, 3.8) is 0 Å². The van der Waals surface area contributed by atoms with E-state index in [1.54, 1.807) is 0 Å². The number of hydrogen-bond donors (Lipinski definition) is 1. The molecule has 1 aliphatic rings. The van der Waals surface area contributed by atoms with Gasteiger partial charge < -0.3 is 9.73 Å². The van der Waals surface area contributed by atoms with Crippen LogP contribution in [0, 0.1) is 12.8 Å². The van der Waals surface area contributed by atoms with Gasteiger partial charge in [0.15, 0.2) is 0 Å². The number of amides is 1. The number of nitrogens with zero attached hydrogens (tertiary/aromatic N) is 2. The van der Waals surface area contributed by atoms with Gasteiger partial charge >= 0.3 is 0 Å². The number of aryl methyl sites for hydroxylation is 1. The highest BCUT2D eigenvalue weighted by atomic mass is 32.2. The first kappa shape index (κ1) is 15.1. The molecule has 1 aliphatic carbocycles. The van der Waals surface area contributed by atoms with Gasteiger partial charge in [0, 0.05) is 11.6 Å². The molecule has 1 heterocycles. The minimum absolute atomic E-state index is 0.0139. The van der Waals surface area contributed by atoms with Gasteiger partial charge in [0.2, 0.25) is 11.8 Å². The quantitative estimate of drug-likeness (QED) is 0.829. The lowest BCUT2D eigenvalue weighted by Crippen LogP contribution is -2.35. The van der Waals surface area contributed by atoms with Crippen molar-refractivity contribution in [1.29, 1.82) is 0 Å². The molecule has 22 heavy (non-hydrogen) atoms. The van der Waals surface area contributed by atoms with Crippen molar-refractivity contribution in [2.24, 2.45) is 5.92 Å². The molecule has 0 saturated heterocycles. The number of thioether (sulfide) groups is 1. The van der Waals surface area contributed by atoms with Crippen molar-refractivity contribution < 1.29 is 9.21 Å². The van der Waals surface area contributed by atoms with Crippen LogP contribution < -0.4 is 5.32 Å². The van der Waals surface area contributed by atoms with E-state index in [1.807, 2.05) is 31.2 Å². The van der Waals surface area contributed by atoms with E-state index in [9.17, 15) is 4.79 Å². The van der Waals surface area contributed by atoms with Gasteiger partial charge in [-0.1, -0.05) is 30.0 Å². The Morgan fingerprint density at radius 1 is 1.41 bits per heavy atom. The van der Waals surface area contributed by atoms with Crippen molar-refractivity contribution in [3.05, 3.63) is 29.8 Å². The van der Waals surface area contributed by atoms with Crippen molar-refractivity contribution in [1.82, 2.24) is 15.5 Å².